The first kappa shape index (κ1) is 17.7. The summed E-state index contributed by atoms with van der Waals surface area (Å²) >= 11 is 0. The number of alkyl halides is 2. The fourth-order valence-corrected chi connectivity index (χ4v) is 1.38. The zero-order chi connectivity index (χ0) is 17.0. The molecular weight excluding hydrogens is 326 g/mol. The molecule has 10 heteroatoms. The minimum Gasteiger partial charge on any atom is -0.743 e. The summed E-state index contributed by atoms with van der Waals surface area (Å²) in [5.41, 5.74) is -0.406. The Morgan fingerprint density at radius 3 is 2.45 bits per heavy atom. The molecule has 0 radical (unpaired) electrons. The van der Waals surface area contributed by atoms with Crippen molar-refractivity contribution in [3.8, 4) is 5.75 Å². The average Bonchev–Trinajstić information content (AvgIpc) is 2.44. The predicted molar refractivity (Wildman–Crippen MR) is 67.2 cm³/mol. The molecule has 0 aliphatic carbocycles. The third-order valence-electron chi connectivity index (χ3n) is 2.22. The van der Waals surface area contributed by atoms with E-state index in [1.54, 1.807) is 0 Å². The Bertz CT molecular complexity index is 697. The van der Waals surface area contributed by atoms with Gasteiger partial charge in [0.2, 0.25) is 0 Å². The van der Waals surface area contributed by atoms with Crippen molar-refractivity contribution in [1.82, 2.24) is 0 Å². The molecule has 0 bridgehead atoms. The van der Waals surface area contributed by atoms with Crippen molar-refractivity contribution >= 4 is 22.1 Å². The van der Waals surface area contributed by atoms with Gasteiger partial charge in [0, 0.05) is 6.08 Å². The van der Waals surface area contributed by atoms with Gasteiger partial charge < -0.3 is 14.0 Å². The number of para-hydroxylation sites is 1. The molecule has 0 spiro atoms. The minimum atomic E-state index is -5.97. The Hall–Kier alpha value is -2.33. The largest absolute Gasteiger partial charge is 0.743 e. The standard InChI is InChI=1S/C12H10F2O7S/c1-2-10(15)21-9-6-4-3-5-8(9)11(16)20-7-12(13,14)22(17,18)19/h2-6H,1,7H2,(H,17,18,19)/p-1. The normalized spacial score (nSPS) is 11.6. The third kappa shape index (κ3) is 4.33. The van der Waals surface area contributed by atoms with Gasteiger partial charge in [0.25, 0.3) is 0 Å². The van der Waals surface area contributed by atoms with Crippen LogP contribution < -0.4 is 4.74 Å². The average molecular weight is 335 g/mol. The Morgan fingerprint density at radius 2 is 1.91 bits per heavy atom. The lowest BCUT2D eigenvalue weighted by Crippen LogP contribution is -2.34. The molecule has 0 aromatic heterocycles. The monoisotopic (exact) mass is 335 g/mol. The van der Waals surface area contributed by atoms with Crippen LogP contribution in [0.15, 0.2) is 36.9 Å². The summed E-state index contributed by atoms with van der Waals surface area (Å²) in [7, 11) is -5.97. The lowest BCUT2D eigenvalue weighted by Gasteiger charge is -2.19. The van der Waals surface area contributed by atoms with Crippen molar-refractivity contribution < 1.29 is 40.8 Å². The van der Waals surface area contributed by atoms with Gasteiger partial charge in [-0.1, -0.05) is 18.7 Å². The first-order valence-corrected chi connectivity index (χ1v) is 6.93. The Labute approximate surface area is 123 Å². The summed E-state index contributed by atoms with van der Waals surface area (Å²) in [5, 5.41) is -4.77. The first-order valence-electron chi connectivity index (χ1n) is 5.52. The SMILES string of the molecule is C=CC(=O)Oc1ccccc1C(=O)OCC(F)(F)S(=O)(=O)[O-]. The van der Waals surface area contributed by atoms with Crippen LogP contribution in [0.5, 0.6) is 5.75 Å². The molecule has 0 heterocycles. The number of ether oxygens (including phenoxy) is 2. The number of benzene rings is 1. The number of hydrogen-bond acceptors (Lipinski definition) is 7. The summed E-state index contributed by atoms with van der Waals surface area (Å²) in [5.74, 6) is -2.60. The van der Waals surface area contributed by atoms with Gasteiger partial charge in [0.05, 0.1) is 0 Å². The number of hydrogen-bond donors (Lipinski definition) is 0. The third-order valence-corrected chi connectivity index (χ3v) is 3.07. The molecule has 0 saturated heterocycles. The number of esters is 2. The van der Waals surface area contributed by atoms with E-state index in [4.69, 9.17) is 0 Å². The highest BCUT2D eigenvalue weighted by atomic mass is 32.2. The highest BCUT2D eigenvalue weighted by molar-refractivity contribution is 7.86. The van der Waals surface area contributed by atoms with E-state index in [2.05, 4.69) is 16.1 Å². The second-order valence-corrected chi connectivity index (χ2v) is 5.29. The summed E-state index contributed by atoms with van der Waals surface area (Å²) < 4.78 is 65.4. The van der Waals surface area contributed by atoms with E-state index in [9.17, 15) is 31.3 Å². The quantitative estimate of drug-likeness (QED) is 0.331. The fraction of sp³-hybridized carbons (Fsp3) is 0.167. The van der Waals surface area contributed by atoms with Crippen LogP contribution in [0.3, 0.4) is 0 Å². The number of halogens is 2. The second kappa shape index (κ2) is 6.62. The maximum atomic E-state index is 12.9. The molecule has 1 aromatic rings. The van der Waals surface area contributed by atoms with Crippen LogP contribution in [0.1, 0.15) is 10.4 Å². The first-order chi connectivity index (χ1) is 10.1. The van der Waals surface area contributed by atoms with E-state index < -0.39 is 39.5 Å². The smallest absolute Gasteiger partial charge is 0.367 e. The van der Waals surface area contributed by atoms with Crippen molar-refractivity contribution in [3.63, 3.8) is 0 Å². The van der Waals surface area contributed by atoms with E-state index >= 15 is 0 Å². The molecular formula is C12H9F2O7S-. The molecule has 0 amide bonds. The molecule has 0 fully saturated rings. The van der Waals surface area contributed by atoms with Gasteiger partial charge in [0.15, 0.2) is 16.7 Å². The zero-order valence-corrected chi connectivity index (χ0v) is 11.6. The number of carbonyl (C=O) groups excluding carboxylic acids is 2. The van der Waals surface area contributed by atoms with E-state index in [-0.39, 0.29) is 5.75 Å². The van der Waals surface area contributed by atoms with Crippen LogP contribution in [-0.4, -0.2) is 36.8 Å². The summed E-state index contributed by atoms with van der Waals surface area (Å²) in [4.78, 5) is 22.7. The van der Waals surface area contributed by atoms with Crippen molar-refractivity contribution in [2.45, 2.75) is 5.25 Å². The minimum absolute atomic E-state index is 0.300. The highest BCUT2D eigenvalue weighted by Gasteiger charge is 2.39. The van der Waals surface area contributed by atoms with Crippen molar-refractivity contribution in [2.75, 3.05) is 6.61 Å². The summed E-state index contributed by atoms with van der Waals surface area (Å²) in [6.45, 7) is 1.18. The topological polar surface area (TPSA) is 110 Å². The van der Waals surface area contributed by atoms with Crippen LogP contribution in [-0.2, 0) is 19.6 Å². The molecule has 0 unspecified atom stereocenters. The van der Waals surface area contributed by atoms with E-state index in [1.165, 1.54) is 18.2 Å². The number of rotatable bonds is 6. The maximum Gasteiger partial charge on any atom is 0.367 e. The van der Waals surface area contributed by atoms with Crippen molar-refractivity contribution in [2.24, 2.45) is 0 Å². The van der Waals surface area contributed by atoms with Crippen LogP contribution in [0.4, 0.5) is 8.78 Å². The van der Waals surface area contributed by atoms with Gasteiger partial charge in [-0.25, -0.2) is 18.0 Å². The van der Waals surface area contributed by atoms with Crippen LogP contribution >= 0.6 is 0 Å². The maximum absolute atomic E-state index is 12.9. The zero-order valence-electron chi connectivity index (χ0n) is 10.8. The highest BCUT2D eigenvalue weighted by Crippen LogP contribution is 2.23. The molecule has 1 aromatic carbocycles. The molecule has 1 rings (SSSR count). The Kier molecular flexibility index (Phi) is 5.33. The molecule has 120 valence electrons. The van der Waals surface area contributed by atoms with Gasteiger partial charge in [-0.15, -0.1) is 0 Å². The molecule has 0 N–H and O–H groups in total. The lowest BCUT2D eigenvalue weighted by atomic mass is 10.2. The second-order valence-electron chi connectivity index (χ2n) is 3.79. The van der Waals surface area contributed by atoms with E-state index in [1.807, 2.05) is 0 Å². The summed E-state index contributed by atoms with van der Waals surface area (Å²) in [6.07, 6.45) is 0.806. The van der Waals surface area contributed by atoms with Gasteiger partial charge in [-0.2, -0.15) is 8.78 Å². The molecule has 0 aliphatic heterocycles. The Morgan fingerprint density at radius 1 is 1.32 bits per heavy atom. The van der Waals surface area contributed by atoms with Crippen LogP contribution in [0, 0.1) is 0 Å². The van der Waals surface area contributed by atoms with Crippen molar-refractivity contribution in [3.05, 3.63) is 42.5 Å². The van der Waals surface area contributed by atoms with Gasteiger partial charge in [-0.05, 0) is 12.1 Å². The van der Waals surface area contributed by atoms with E-state index in [0.29, 0.717) is 0 Å². The molecule has 0 atom stereocenters. The van der Waals surface area contributed by atoms with Crippen LogP contribution in [0.25, 0.3) is 0 Å². The summed E-state index contributed by atoms with van der Waals surface area (Å²) in [6, 6.07) is 4.99. The van der Waals surface area contributed by atoms with Gasteiger partial charge in [0.1, 0.15) is 11.3 Å². The van der Waals surface area contributed by atoms with Crippen molar-refractivity contribution in [1.29, 1.82) is 0 Å². The van der Waals surface area contributed by atoms with Gasteiger partial charge in [-0.3, -0.25) is 0 Å². The Balaban J connectivity index is 2.91. The molecule has 22 heavy (non-hydrogen) atoms. The lowest BCUT2D eigenvalue weighted by molar-refractivity contribution is -0.128. The number of carbonyl (C=O) groups is 2. The molecule has 0 saturated carbocycles. The fourth-order valence-electron chi connectivity index (χ4n) is 1.17. The molecule has 0 aliphatic rings. The van der Waals surface area contributed by atoms with E-state index in [0.717, 1.165) is 12.1 Å². The van der Waals surface area contributed by atoms with Gasteiger partial charge >= 0.3 is 17.2 Å². The molecule has 7 nitrogen and oxygen atoms in total. The van der Waals surface area contributed by atoms with Crippen LogP contribution in [0.2, 0.25) is 0 Å². The predicted octanol–water partition coefficient (Wildman–Crippen LogP) is 1.07.